The second kappa shape index (κ2) is 6.50. The number of likely N-dealkylation sites (tertiary alicyclic amines) is 1. The molecule has 4 heteroatoms. The molecule has 116 valence electrons. The third-order valence-corrected chi connectivity index (χ3v) is 4.76. The van der Waals surface area contributed by atoms with Gasteiger partial charge in [-0.25, -0.2) is 4.98 Å². The van der Waals surface area contributed by atoms with Crippen molar-refractivity contribution in [3.8, 4) is 6.07 Å². The van der Waals surface area contributed by atoms with Crippen LogP contribution >= 0.6 is 0 Å². The van der Waals surface area contributed by atoms with E-state index in [2.05, 4.69) is 47.6 Å². The number of aromatic nitrogens is 2. The van der Waals surface area contributed by atoms with Gasteiger partial charge in [-0.3, -0.25) is 4.90 Å². The van der Waals surface area contributed by atoms with E-state index >= 15 is 0 Å². The summed E-state index contributed by atoms with van der Waals surface area (Å²) in [6.07, 6.45) is 4.12. The molecule has 1 atom stereocenters. The van der Waals surface area contributed by atoms with Gasteiger partial charge in [-0.2, -0.15) is 5.26 Å². The maximum absolute atomic E-state index is 8.97. The molecule has 1 aliphatic heterocycles. The van der Waals surface area contributed by atoms with Crippen LogP contribution in [0, 0.1) is 11.3 Å². The highest BCUT2D eigenvalue weighted by molar-refractivity contribution is 5.77. The molecule has 1 aromatic heterocycles. The number of nitriles is 1. The van der Waals surface area contributed by atoms with Gasteiger partial charge in [-0.1, -0.05) is 13.0 Å². The zero-order valence-electron chi connectivity index (χ0n) is 13.5. The van der Waals surface area contributed by atoms with Gasteiger partial charge >= 0.3 is 0 Å². The van der Waals surface area contributed by atoms with Crippen molar-refractivity contribution in [3.05, 3.63) is 29.6 Å². The van der Waals surface area contributed by atoms with Crippen LogP contribution in [0.3, 0.4) is 0 Å². The van der Waals surface area contributed by atoms with E-state index in [9.17, 15) is 0 Å². The quantitative estimate of drug-likeness (QED) is 0.845. The summed E-state index contributed by atoms with van der Waals surface area (Å²) in [4.78, 5) is 7.44. The zero-order valence-corrected chi connectivity index (χ0v) is 13.5. The van der Waals surface area contributed by atoms with Gasteiger partial charge in [0.05, 0.1) is 29.6 Å². The third-order valence-electron chi connectivity index (χ3n) is 4.76. The van der Waals surface area contributed by atoms with Crippen molar-refractivity contribution in [2.45, 2.75) is 52.1 Å². The van der Waals surface area contributed by atoms with E-state index in [1.165, 1.54) is 18.4 Å². The van der Waals surface area contributed by atoms with Crippen molar-refractivity contribution in [1.82, 2.24) is 14.5 Å². The van der Waals surface area contributed by atoms with Crippen LogP contribution in [-0.2, 0) is 13.0 Å². The average Bonchev–Trinajstić information content (AvgIpc) is 3.19. The first-order valence-corrected chi connectivity index (χ1v) is 8.34. The van der Waals surface area contributed by atoms with Crippen LogP contribution in [-0.4, -0.2) is 27.5 Å². The molecule has 0 saturated carbocycles. The van der Waals surface area contributed by atoms with E-state index in [1.807, 2.05) is 0 Å². The molecule has 2 heterocycles. The highest BCUT2D eigenvalue weighted by Gasteiger charge is 2.24. The van der Waals surface area contributed by atoms with E-state index in [4.69, 9.17) is 10.2 Å². The number of fused-ring (bicyclic) bond motifs is 1. The lowest BCUT2D eigenvalue weighted by Gasteiger charge is -2.24. The minimum Gasteiger partial charge on any atom is -0.326 e. The molecule has 0 spiro atoms. The first kappa shape index (κ1) is 15.1. The minimum atomic E-state index is 0.318. The molecule has 0 bridgehead atoms. The second-order valence-electron chi connectivity index (χ2n) is 6.13. The van der Waals surface area contributed by atoms with Gasteiger partial charge < -0.3 is 4.57 Å². The van der Waals surface area contributed by atoms with Crippen LogP contribution in [0.5, 0.6) is 0 Å². The van der Waals surface area contributed by atoms with Crippen LogP contribution in [0.1, 0.15) is 50.5 Å². The smallest absolute Gasteiger partial charge is 0.127 e. The molecule has 0 amide bonds. The maximum Gasteiger partial charge on any atom is 0.127 e. The summed E-state index contributed by atoms with van der Waals surface area (Å²) in [6, 6.07) is 9.12. The lowest BCUT2D eigenvalue weighted by atomic mass is 10.1. The van der Waals surface area contributed by atoms with Crippen molar-refractivity contribution in [3.63, 3.8) is 0 Å². The highest BCUT2D eigenvalue weighted by Crippen LogP contribution is 2.28. The predicted octanol–water partition coefficient (Wildman–Crippen LogP) is 3.67. The predicted molar refractivity (Wildman–Crippen MR) is 88.6 cm³/mol. The monoisotopic (exact) mass is 296 g/mol. The van der Waals surface area contributed by atoms with Crippen LogP contribution in [0.4, 0.5) is 0 Å². The number of hydrogen-bond donors (Lipinski definition) is 0. The third kappa shape index (κ3) is 2.74. The van der Waals surface area contributed by atoms with Crippen molar-refractivity contribution in [2.75, 3.05) is 13.1 Å². The topological polar surface area (TPSA) is 44.9 Å². The molecule has 4 nitrogen and oxygen atoms in total. The lowest BCUT2D eigenvalue weighted by Crippen LogP contribution is -2.26. The van der Waals surface area contributed by atoms with E-state index in [0.717, 1.165) is 42.9 Å². The Morgan fingerprint density at radius 2 is 2.09 bits per heavy atom. The summed E-state index contributed by atoms with van der Waals surface area (Å²) in [5.41, 5.74) is 3.55. The summed E-state index contributed by atoms with van der Waals surface area (Å²) in [5, 5.41) is 8.97. The largest absolute Gasteiger partial charge is 0.326 e. The maximum atomic E-state index is 8.97. The van der Waals surface area contributed by atoms with Crippen LogP contribution in [0.15, 0.2) is 18.2 Å². The molecule has 0 aliphatic carbocycles. The van der Waals surface area contributed by atoms with Gasteiger partial charge in [0.1, 0.15) is 5.82 Å². The lowest BCUT2D eigenvalue weighted by molar-refractivity contribution is 0.248. The molecular formula is C18H24N4. The van der Waals surface area contributed by atoms with Crippen molar-refractivity contribution >= 4 is 11.0 Å². The van der Waals surface area contributed by atoms with Crippen LogP contribution in [0.25, 0.3) is 11.0 Å². The molecule has 1 aromatic carbocycles. The average molecular weight is 296 g/mol. The molecule has 0 radical (unpaired) electrons. The Morgan fingerprint density at radius 3 is 2.77 bits per heavy atom. The molecule has 1 saturated heterocycles. The van der Waals surface area contributed by atoms with Gasteiger partial charge in [0.15, 0.2) is 0 Å². The number of benzene rings is 1. The molecule has 0 N–H and O–H groups in total. The van der Waals surface area contributed by atoms with Gasteiger partial charge in [0.25, 0.3) is 0 Å². The Hall–Kier alpha value is -1.86. The summed E-state index contributed by atoms with van der Waals surface area (Å²) < 4.78 is 2.25. The Balaban J connectivity index is 2.04. The fourth-order valence-electron chi connectivity index (χ4n) is 3.42. The molecule has 1 unspecified atom stereocenters. The molecular weight excluding hydrogens is 272 g/mol. The Bertz CT molecular complexity index is 689. The summed E-state index contributed by atoms with van der Waals surface area (Å²) in [7, 11) is 0. The Morgan fingerprint density at radius 1 is 1.32 bits per heavy atom. The Labute approximate surface area is 132 Å². The van der Waals surface area contributed by atoms with E-state index in [-0.39, 0.29) is 0 Å². The molecule has 22 heavy (non-hydrogen) atoms. The number of nitrogens with zero attached hydrogens (tertiary/aromatic N) is 4. The molecule has 3 rings (SSSR count). The normalized spacial score (nSPS) is 17.0. The van der Waals surface area contributed by atoms with Crippen LogP contribution < -0.4 is 0 Å². The van der Waals surface area contributed by atoms with Gasteiger partial charge in [0, 0.05) is 6.54 Å². The number of rotatable bonds is 5. The van der Waals surface area contributed by atoms with Crippen molar-refractivity contribution in [1.29, 1.82) is 5.26 Å². The summed E-state index contributed by atoms with van der Waals surface area (Å²) in [5.74, 6) is 1.11. The summed E-state index contributed by atoms with van der Waals surface area (Å²) in [6.45, 7) is 7.45. The molecule has 1 aliphatic rings. The van der Waals surface area contributed by atoms with Crippen molar-refractivity contribution in [2.24, 2.45) is 0 Å². The van der Waals surface area contributed by atoms with Gasteiger partial charge in [-0.15, -0.1) is 0 Å². The SMILES string of the molecule is CCc1ccc2c(c1)nc(C(C)N1CCCC1)n2CCC#N. The highest BCUT2D eigenvalue weighted by atomic mass is 15.2. The van der Waals surface area contributed by atoms with E-state index < -0.39 is 0 Å². The van der Waals surface area contributed by atoms with E-state index in [0.29, 0.717) is 12.5 Å². The number of hydrogen-bond acceptors (Lipinski definition) is 3. The zero-order chi connectivity index (χ0) is 15.5. The first-order valence-electron chi connectivity index (χ1n) is 8.34. The minimum absolute atomic E-state index is 0.318. The number of imidazole rings is 1. The standard InChI is InChI=1S/C18H24N4/c1-3-15-7-8-17-16(13-15)20-18(22(17)12-6-9-19)14(2)21-10-4-5-11-21/h7-8,13-14H,3-6,10-12H2,1-2H3. The fourth-order valence-corrected chi connectivity index (χ4v) is 3.42. The molecule has 2 aromatic rings. The Kier molecular flexibility index (Phi) is 4.44. The van der Waals surface area contributed by atoms with Gasteiger partial charge in [-0.05, 0) is 57.0 Å². The van der Waals surface area contributed by atoms with Gasteiger partial charge in [0.2, 0.25) is 0 Å². The summed E-state index contributed by atoms with van der Waals surface area (Å²) >= 11 is 0. The molecule has 1 fully saturated rings. The van der Waals surface area contributed by atoms with E-state index in [1.54, 1.807) is 0 Å². The van der Waals surface area contributed by atoms with Crippen LogP contribution in [0.2, 0.25) is 0 Å². The van der Waals surface area contributed by atoms with Crippen molar-refractivity contribution < 1.29 is 0 Å². The number of aryl methyl sites for hydroxylation is 2. The fraction of sp³-hybridized carbons (Fsp3) is 0.556. The first-order chi connectivity index (χ1) is 10.7. The second-order valence-corrected chi connectivity index (χ2v) is 6.13.